The van der Waals surface area contributed by atoms with E-state index in [9.17, 15) is 10.1 Å². The molecule has 31 heavy (non-hydrogen) atoms. The monoisotopic (exact) mass is 439 g/mol. The van der Waals surface area contributed by atoms with Crippen LogP contribution in [0.1, 0.15) is 10.4 Å². The molecule has 4 heteroatoms. The van der Waals surface area contributed by atoms with E-state index in [1.54, 1.807) is 0 Å². The van der Waals surface area contributed by atoms with E-state index in [1.807, 2.05) is 84.9 Å². The summed E-state index contributed by atoms with van der Waals surface area (Å²) in [6, 6.07) is 39.7. The molecule has 0 fully saturated rings. The first-order valence-corrected chi connectivity index (χ1v) is 13.9. The molecular formula is C27H22NOPS. The number of rotatable bonds is 7. The summed E-state index contributed by atoms with van der Waals surface area (Å²) in [5.41, 5.74) is 0.665. The van der Waals surface area contributed by atoms with Crippen LogP contribution < -0.4 is 15.9 Å². The van der Waals surface area contributed by atoms with Gasteiger partial charge in [-0.3, -0.25) is 0 Å². The first-order valence-electron chi connectivity index (χ1n) is 10.0. The number of Topliss-reactive ketones (excluding diaryl/α,β-unsaturated/α-hetero) is 1. The molecule has 0 spiro atoms. The summed E-state index contributed by atoms with van der Waals surface area (Å²) >= 11 is 1.27. The molecule has 0 atom stereocenters. The average Bonchev–Trinajstić information content (AvgIpc) is 2.86. The Hall–Kier alpha value is -3.18. The molecule has 0 aliphatic carbocycles. The summed E-state index contributed by atoms with van der Waals surface area (Å²) in [6.45, 7) is 0. The molecule has 4 rings (SSSR count). The van der Waals surface area contributed by atoms with Crippen LogP contribution in [0.3, 0.4) is 0 Å². The number of hydrogen-bond donors (Lipinski definition) is 0. The number of thiocyanates is 1. The molecule has 4 aromatic rings. The van der Waals surface area contributed by atoms with Gasteiger partial charge >= 0.3 is 187 Å². The fourth-order valence-corrected chi connectivity index (χ4v) is 12.5. The van der Waals surface area contributed by atoms with Crippen LogP contribution in [0, 0.1) is 10.7 Å². The van der Waals surface area contributed by atoms with Gasteiger partial charge in [-0.25, -0.2) is 0 Å². The molecule has 0 saturated heterocycles. The van der Waals surface area contributed by atoms with Crippen molar-refractivity contribution < 1.29 is 4.79 Å². The molecule has 4 aromatic carbocycles. The van der Waals surface area contributed by atoms with Crippen LogP contribution in [0.5, 0.6) is 0 Å². The molecule has 0 bridgehead atoms. The van der Waals surface area contributed by atoms with Gasteiger partial charge in [-0.2, -0.15) is 0 Å². The Morgan fingerprint density at radius 1 is 0.645 bits per heavy atom. The van der Waals surface area contributed by atoms with E-state index in [4.69, 9.17) is 0 Å². The van der Waals surface area contributed by atoms with E-state index >= 15 is 0 Å². The van der Waals surface area contributed by atoms with Crippen molar-refractivity contribution in [3.05, 3.63) is 127 Å². The second-order valence-electron chi connectivity index (χ2n) is 7.35. The van der Waals surface area contributed by atoms with Gasteiger partial charge in [0.2, 0.25) is 0 Å². The van der Waals surface area contributed by atoms with Crippen molar-refractivity contribution in [2.75, 3.05) is 6.16 Å². The number of nitrogens with zero attached hydrogens (tertiary/aromatic N) is 1. The molecular weight excluding hydrogens is 417 g/mol. The van der Waals surface area contributed by atoms with Crippen LogP contribution in [0.25, 0.3) is 0 Å². The van der Waals surface area contributed by atoms with Gasteiger partial charge in [-0.05, 0) is 0 Å². The second-order valence-corrected chi connectivity index (χ2v) is 15.0. The number of hydrogen-bond acceptors (Lipinski definition) is 3. The van der Waals surface area contributed by atoms with Crippen molar-refractivity contribution >= 4 is 38.9 Å². The zero-order chi connectivity index (χ0) is 21.6. The molecule has 0 aromatic heterocycles. The van der Waals surface area contributed by atoms with Crippen LogP contribution in [-0.2, 0) is 0 Å². The minimum absolute atomic E-state index is 0.0394. The van der Waals surface area contributed by atoms with Crippen molar-refractivity contribution in [2.24, 2.45) is 0 Å². The predicted octanol–water partition coefficient (Wildman–Crippen LogP) is 5.53. The maximum absolute atomic E-state index is 13.8. The third-order valence-electron chi connectivity index (χ3n) is 5.69. The van der Waals surface area contributed by atoms with Crippen LogP contribution >= 0.6 is 17.2 Å². The topological polar surface area (TPSA) is 40.9 Å². The standard InChI is InChI=1S/C27H22NOPS/c28-22-31-30(24-15-7-2-8-16-24,25-17-9-3-10-18-25,26-19-11-4-12-20-26)21-27(29)23-13-5-1-6-14-23/h1-20H,21H2. The Labute approximate surface area is 187 Å². The zero-order valence-electron chi connectivity index (χ0n) is 17.0. The molecule has 0 aliphatic heterocycles. The first kappa shape index (κ1) is 21.1. The number of ketones is 1. The first-order chi connectivity index (χ1) is 15.2. The SMILES string of the molecule is N#CSP(CC(=O)c1ccccc1)(c1ccccc1)(c1ccccc1)c1ccccc1. The summed E-state index contributed by atoms with van der Waals surface area (Å²) in [4.78, 5) is 13.8. The van der Waals surface area contributed by atoms with Gasteiger partial charge in [0, 0.05) is 0 Å². The molecule has 0 amide bonds. The molecule has 152 valence electrons. The molecule has 0 saturated carbocycles. The Bertz CT molecular complexity index is 1110. The van der Waals surface area contributed by atoms with Crippen molar-refractivity contribution in [1.29, 1.82) is 5.26 Å². The van der Waals surface area contributed by atoms with E-state index in [0.29, 0.717) is 5.56 Å². The quantitative estimate of drug-likeness (QED) is 0.216. The van der Waals surface area contributed by atoms with Gasteiger partial charge in [0.1, 0.15) is 0 Å². The Balaban J connectivity index is 2.12. The number of nitriles is 1. The van der Waals surface area contributed by atoms with Crippen LogP contribution in [-0.4, -0.2) is 11.9 Å². The Morgan fingerprint density at radius 2 is 1.00 bits per heavy atom. The third-order valence-corrected chi connectivity index (χ3v) is 15.0. The van der Waals surface area contributed by atoms with Crippen LogP contribution in [0.2, 0.25) is 0 Å². The van der Waals surface area contributed by atoms with E-state index in [-0.39, 0.29) is 11.9 Å². The Kier molecular flexibility index (Phi) is 6.05. The van der Waals surface area contributed by atoms with Crippen molar-refractivity contribution in [2.45, 2.75) is 0 Å². The van der Waals surface area contributed by atoms with Crippen LogP contribution in [0.15, 0.2) is 121 Å². The number of benzene rings is 4. The Morgan fingerprint density at radius 3 is 1.35 bits per heavy atom. The van der Waals surface area contributed by atoms with Gasteiger partial charge in [0.05, 0.1) is 0 Å². The molecule has 2 nitrogen and oxygen atoms in total. The fourth-order valence-electron chi connectivity index (χ4n) is 4.22. The summed E-state index contributed by atoms with van der Waals surface area (Å²) in [5.74, 6) is -3.50. The number of carbonyl (C=O) groups excluding carboxylic acids is 1. The van der Waals surface area contributed by atoms with Crippen LogP contribution in [0.4, 0.5) is 0 Å². The van der Waals surface area contributed by atoms with Crippen molar-refractivity contribution in [3.63, 3.8) is 0 Å². The third kappa shape index (κ3) is 3.59. The van der Waals surface area contributed by atoms with Crippen molar-refractivity contribution in [3.8, 4) is 5.40 Å². The van der Waals surface area contributed by atoms with E-state index in [1.165, 1.54) is 11.4 Å². The van der Waals surface area contributed by atoms with Gasteiger partial charge in [-0.1, -0.05) is 0 Å². The second kappa shape index (κ2) is 8.90. The molecule has 0 N–H and O–H groups in total. The van der Waals surface area contributed by atoms with E-state index in [2.05, 4.69) is 41.8 Å². The maximum atomic E-state index is 13.8. The normalized spacial score (nSPS) is 12.3. The molecule has 0 aliphatic rings. The molecule has 0 unspecified atom stereocenters. The summed E-state index contributed by atoms with van der Waals surface area (Å²) in [7, 11) is 0. The predicted molar refractivity (Wildman–Crippen MR) is 134 cm³/mol. The molecule has 0 heterocycles. The summed E-state index contributed by atoms with van der Waals surface area (Å²) in [5, 5.41) is 15.7. The van der Waals surface area contributed by atoms with Crippen molar-refractivity contribution in [1.82, 2.24) is 0 Å². The molecule has 0 radical (unpaired) electrons. The summed E-state index contributed by atoms with van der Waals surface area (Å²) < 4.78 is 0. The van der Waals surface area contributed by atoms with Gasteiger partial charge in [0.15, 0.2) is 0 Å². The zero-order valence-corrected chi connectivity index (χ0v) is 18.7. The fraction of sp³-hybridized carbons (Fsp3) is 0.0370. The van der Waals surface area contributed by atoms with Gasteiger partial charge < -0.3 is 0 Å². The van der Waals surface area contributed by atoms with Gasteiger partial charge in [0.25, 0.3) is 0 Å². The van der Waals surface area contributed by atoms with E-state index < -0.39 is 5.81 Å². The minimum atomic E-state index is -3.54. The summed E-state index contributed by atoms with van der Waals surface area (Å²) in [6.07, 6.45) is 0.242. The van der Waals surface area contributed by atoms with E-state index in [0.717, 1.165) is 15.9 Å². The average molecular weight is 440 g/mol. The number of carbonyl (C=O) groups is 1. The van der Waals surface area contributed by atoms with Gasteiger partial charge in [-0.15, -0.1) is 0 Å².